The molecule has 1 atom stereocenters. The second-order valence-electron chi connectivity index (χ2n) is 5.98. The minimum atomic E-state index is -0.167. The summed E-state index contributed by atoms with van der Waals surface area (Å²) in [6.45, 7) is 1.97. The van der Waals surface area contributed by atoms with Crippen molar-refractivity contribution in [1.82, 2.24) is 24.6 Å². The zero-order valence-electron chi connectivity index (χ0n) is 13.7. The molecule has 0 aromatic carbocycles. The van der Waals surface area contributed by atoms with E-state index < -0.39 is 0 Å². The molecule has 0 radical (unpaired) electrons. The van der Waals surface area contributed by atoms with Gasteiger partial charge in [0.25, 0.3) is 0 Å². The first-order valence-electron chi connectivity index (χ1n) is 8.17. The Morgan fingerprint density at radius 1 is 1.36 bits per heavy atom. The summed E-state index contributed by atoms with van der Waals surface area (Å²) < 4.78 is 6.98. The Bertz CT molecular complexity index is 841. The summed E-state index contributed by atoms with van der Waals surface area (Å²) in [5, 5.41) is 7.10. The maximum Gasteiger partial charge on any atom is 0.322 e. The van der Waals surface area contributed by atoms with Gasteiger partial charge in [0.05, 0.1) is 30.4 Å². The third-order valence-electron chi connectivity index (χ3n) is 4.14. The summed E-state index contributed by atoms with van der Waals surface area (Å²) in [6.07, 6.45) is 10.2. The summed E-state index contributed by atoms with van der Waals surface area (Å²) in [5.74, 6) is 1.22. The molecule has 0 aliphatic heterocycles. The number of carbonyl (C=O) groups excluding carboxylic acids is 1. The van der Waals surface area contributed by atoms with E-state index in [4.69, 9.17) is 4.42 Å². The van der Waals surface area contributed by atoms with E-state index in [9.17, 15) is 4.79 Å². The van der Waals surface area contributed by atoms with Crippen LogP contribution in [0.25, 0.3) is 5.95 Å². The van der Waals surface area contributed by atoms with Crippen LogP contribution in [0.3, 0.4) is 0 Å². The van der Waals surface area contributed by atoms with Gasteiger partial charge in [0.1, 0.15) is 5.76 Å². The van der Waals surface area contributed by atoms with Gasteiger partial charge in [-0.25, -0.2) is 19.4 Å². The van der Waals surface area contributed by atoms with Crippen molar-refractivity contribution in [2.45, 2.75) is 31.8 Å². The standard InChI is InChI=1S/C17H18N6O2/c1-12(15-4-2-9-25-15)23(14-5-6-14)17(24)21-13-10-20-22(11-13)16-18-7-3-8-19-16/h2-4,7-12,14H,5-6H2,1H3,(H,21,24). The van der Waals surface area contributed by atoms with Crippen molar-refractivity contribution in [3.8, 4) is 5.95 Å². The average molecular weight is 338 g/mol. The lowest BCUT2D eigenvalue weighted by molar-refractivity contribution is 0.179. The Hall–Kier alpha value is -3.16. The lowest BCUT2D eigenvalue weighted by Crippen LogP contribution is -2.38. The first-order chi connectivity index (χ1) is 12.2. The molecule has 128 valence electrons. The molecule has 8 nitrogen and oxygen atoms in total. The van der Waals surface area contributed by atoms with Gasteiger partial charge in [-0.15, -0.1) is 0 Å². The molecule has 3 heterocycles. The monoisotopic (exact) mass is 338 g/mol. The van der Waals surface area contributed by atoms with Crippen molar-refractivity contribution < 1.29 is 9.21 Å². The van der Waals surface area contributed by atoms with E-state index >= 15 is 0 Å². The van der Waals surface area contributed by atoms with E-state index in [0.717, 1.165) is 18.6 Å². The van der Waals surface area contributed by atoms with Crippen molar-refractivity contribution in [2.24, 2.45) is 0 Å². The Labute approximate surface area is 144 Å². The number of aromatic nitrogens is 4. The van der Waals surface area contributed by atoms with E-state index in [1.807, 2.05) is 24.0 Å². The van der Waals surface area contributed by atoms with Gasteiger partial charge in [-0.1, -0.05) is 0 Å². The van der Waals surface area contributed by atoms with Crippen molar-refractivity contribution >= 4 is 11.7 Å². The van der Waals surface area contributed by atoms with Gasteiger partial charge in [-0.2, -0.15) is 5.10 Å². The summed E-state index contributed by atoms with van der Waals surface area (Å²) in [6, 6.07) is 5.40. The fourth-order valence-electron chi connectivity index (χ4n) is 2.77. The van der Waals surface area contributed by atoms with E-state index in [1.54, 1.807) is 37.1 Å². The molecule has 1 unspecified atom stereocenters. The van der Waals surface area contributed by atoms with Gasteiger partial charge in [-0.05, 0) is 38.0 Å². The molecular formula is C17H18N6O2. The second kappa shape index (κ2) is 6.39. The topological polar surface area (TPSA) is 89.1 Å². The predicted octanol–water partition coefficient (Wildman–Crippen LogP) is 3.01. The number of amides is 2. The maximum atomic E-state index is 12.8. The number of nitrogens with one attached hydrogen (secondary N) is 1. The Morgan fingerprint density at radius 2 is 2.16 bits per heavy atom. The smallest absolute Gasteiger partial charge is 0.322 e. The highest BCUT2D eigenvalue weighted by atomic mass is 16.3. The number of hydrogen-bond acceptors (Lipinski definition) is 5. The molecule has 1 aliphatic rings. The van der Waals surface area contributed by atoms with Gasteiger partial charge in [-0.3, -0.25) is 0 Å². The zero-order chi connectivity index (χ0) is 17.2. The second-order valence-corrected chi connectivity index (χ2v) is 5.98. The van der Waals surface area contributed by atoms with Crippen molar-refractivity contribution in [3.63, 3.8) is 0 Å². The van der Waals surface area contributed by atoms with Gasteiger partial charge in [0.2, 0.25) is 5.95 Å². The van der Waals surface area contributed by atoms with E-state index in [0.29, 0.717) is 11.6 Å². The van der Waals surface area contributed by atoms with Crippen LogP contribution in [0, 0.1) is 0 Å². The maximum absolute atomic E-state index is 12.8. The van der Waals surface area contributed by atoms with Crippen LogP contribution < -0.4 is 5.32 Å². The quantitative estimate of drug-likeness (QED) is 0.772. The molecule has 0 spiro atoms. The van der Waals surface area contributed by atoms with Crippen LogP contribution in [0.4, 0.5) is 10.5 Å². The normalized spacial score (nSPS) is 14.9. The highest BCUT2D eigenvalue weighted by Gasteiger charge is 2.37. The zero-order valence-corrected chi connectivity index (χ0v) is 13.7. The van der Waals surface area contributed by atoms with Crippen molar-refractivity contribution in [1.29, 1.82) is 0 Å². The first-order valence-corrected chi connectivity index (χ1v) is 8.17. The molecule has 3 aromatic heterocycles. The molecule has 8 heteroatoms. The van der Waals surface area contributed by atoms with Crippen molar-refractivity contribution in [3.05, 3.63) is 55.0 Å². The first kappa shape index (κ1) is 15.4. The fourth-order valence-corrected chi connectivity index (χ4v) is 2.77. The molecule has 0 bridgehead atoms. The number of urea groups is 1. The predicted molar refractivity (Wildman–Crippen MR) is 90.2 cm³/mol. The van der Waals surface area contributed by atoms with Gasteiger partial charge >= 0.3 is 6.03 Å². The molecule has 1 aliphatic carbocycles. The van der Waals surface area contributed by atoms with E-state index in [-0.39, 0.29) is 18.1 Å². The third kappa shape index (κ3) is 3.23. The van der Waals surface area contributed by atoms with E-state index in [1.165, 1.54) is 4.68 Å². The van der Waals surface area contributed by atoms with Crippen LogP contribution in [0.1, 0.15) is 31.6 Å². The Balaban J connectivity index is 1.50. The van der Waals surface area contributed by atoms with Crippen molar-refractivity contribution in [2.75, 3.05) is 5.32 Å². The summed E-state index contributed by atoms with van der Waals surface area (Å²) in [4.78, 5) is 22.9. The number of carbonyl (C=O) groups is 1. The fraction of sp³-hybridized carbons (Fsp3) is 0.294. The molecule has 1 fully saturated rings. The number of hydrogen-bond donors (Lipinski definition) is 1. The van der Waals surface area contributed by atoms with Crippen LogP contribution in [-0.4, -0.2) is 36.7 Å². The molecule has 25 heavy (non-hydrogen) atoms. The number of rotatable bonds is 5. The molecule has 4 rings (SSSR count). The molecule has 0 saturated heterocycles. The molecule has 1 saturated carbocycles. The summed E-state index contributed by atoms with van der Waals surface area (Å²) >= 11 is 0. The molecule has 1 N–H and O–H groups in total. The molecular weight excluding hydrogens is 320 g/mol. The van der Waals surface area contributed by atoms with Crippen LogP contribution in [0.5, 0.6) is 0 Å². The molecule has 3 aromatic rings. The lowest BCUT2D eigenvalue weighted by Gasteiger charge is -2.27. The number of anilines is 1. The Kier molecular flexibility index (Phi) is 3.93. The molecule has 2 amide bonds. The largest absolute Gasteiger partial charge is 0.467 e. The van der Waals surface area contributed by atoms with Gasteiger partial charge < -0.3 is 14.6 Å². The average Bonchev–Trinajstić information content (AvgIpc) is 3.13. The van der Waals surface area contributed by atoms with Gasteiger partial charge in [0.15, 0.2) is 0 Å². The number of furan rings is 1. The summed E-state index contributed by atoms with van der Waals surface area (Å²) in [5.41, 5.74) is 0.592. The van der Waals surface area contributed by atoms with E-state index in [2.05, 4.69) is 20.4 Å². The van der Waals surface area contributed by atoms with Gasteiger partial charge in [0, 0.05) is 18.4 Å². The highest BCUT2D eigenvalue weighted by Crippen LogP contribution is 2.35. The highest BCUT2D eigenvalue weighted by molar-refractivity contribution is 5.89. The van der Waals surface area contributed by atoms with Crippen LogP contribution >= 0.6 is 0 Å². The summed E-state index contributed by atoms with van der Waals surface area (Å²) in [7, 11) is 0. The Morgan fingerprint density at radius 3 is 2.84 bits per heavy atom. The SMILES string of the molecule is CC(c1ccco1)N(C(=O)Nc1cnn(-c2ncccn2)c1)C1CC1. The minimum Gasteiger partial charge on any atom is -0.467 e. The minimum absolute atomic E-state index is 0.130. The third-order valence-corrected chi connectivity index (χ3v) is 4.14. The number of nitrogens with zero attached hydrogens (tertiary/aromatic N) is 5. The lowest BCUT2D eigenvalue weighted by atomic mass is 10.2. The van der Waals surface area contributed by atoms with Crippen LogP contribution in [0.2, 0.25) is 0 Å². The van der Waals surface area contributed by atoms with Crippen LogP contribution in [0.15, 0.2) is 53.7 Å². The van der Waals surface area contributed by atoms with Crippen LogP contribution in [-0.2, 0) is 0 Å².